The summed E-state index contributed by atoms with van der Waals surface area (Å²) in [7, 11) is 0. The van der Waals surface area contributed by atoms with E-state index in [1.807, 2.05) is 0 Å². The van der Waals surface area contributed by atoms with Crippen molar-refractivity contribution in [3.63, 3.8) is 0 Å². The van der Waals surface area contributed by atoms with E-state index < -0.39 is 17.0 Å². The number of aromatic amines is 1. The Morgan fingerprint density at radius 2 is 1.77 bits per heavy atom. The van der Waals surface area contributed by atoms with E-state index in [1.54, 1.807) is 0 Å². The number of benzene rings is 1. The molecule has 3 aromatic rings. The van der Waals surface area contributed by atoms with E-state index >= 15 is 0 Å². The first kappa shape index (κ1) is 20.4. The first-order chi connectivity index (χ1) is 14.3. The molecule has 0 aliphatic heterocycles. The van der Waals surface area contributed by atoms with E-state index in [4.69, 9.17) is 33.4 Å². The Labute approximate surface area is 179 Å². The Hall–Kier alpha value is -2.85. The molecule has 3 N–H and O–H groups in total. The van der Waals surface area contributed by atoms with Crippen LogP contribution in [-0.2, 0) is 6.42 Å². The maximum atomic E-state index is 12.2. The second-order valence-electron chi connectivity index (χ2n) is 7.12. The van der Waals surface area contributed by atoms with Gasteiger partial charge in [-0.2, -0.15) is 9.36 Å². The molecule has 0 saturated heterocycles. The maximum absolute atomic E-state index is 12.2. The van der Waals surface area contributed by atoms with Crippen LogP contribution in [0.4, 0.5) is 5.82 Å². The maximum Gasteiger partial charge on any atom is 0.437 e. The van der Waals surface area contributed by atoms with Gasteiger partial charge in [-0.15, -0.1) is 10.2 Å². The number of hydrogen-bond donors (Lipinski definition) is 2. The molecule has 158 valence electrons. The molecule has 0 atom stereocenters. The van der Waals surface area contributed by atoms with Crippen LogP contribution >= 0.6 is 23.2 Å². The van der Waals surface area contributed by atoms with Crippen molar-refractivity contribution in [1.29, 1.82) is 0 Å². The first-order valence-corrected chi connectivity index (χ1v) is 10.1. The van der Waals surface area contributed by atoms with Crippen molar-refractivity contribution in [2.75, 3.05) is 5.73 Å². The molecular formula is C18H18Cl2N6O4. The Morgan fingerprint density at radius 3 is 2.43 bits per heavy atom. The highest BCUT2D eigenvalue weighted by Crippen LogP contribution is 2.30. The number of nitrogens with zero attached hydrogens (tertiary/aromatic N) is 4. The summed E-state index contributed by atoms with van der Waals surface area (Å²) < 4.78 is 7.59. The average molecular weight is 453 g/mol. The van der Waals surface area contributed by atoms with E-state index in [0.717, 1.165) is 36.8 Å². The third kappa shape index (κ3) is 3.92. The van der Waals surface area contributed by atoms with Crippen LogP contribution in [0.2, 0.25) is 10.0 Å². The molecule has 1 fully saturated rings. The van der Waals surface area contributed by atoms with Crippen LogP contribution in [0, 0.1) is 0 Å². The lowest BCUT2D eigenvalue weighted by Gasteiger charge is -2.19. The minimum absolute atomic E-state index is 0.0423. The van der Waals surface area contributed by atoms with Crippen LogP contribution in [0.3, 0.4) is 0 Å². The highest BCUT2D eigenvalue weighted by Gasteiger charge is 2.22. The van der Waals surface area contributed by atoms with Crippen LogP contribution < -0.4 is 22.7 Å². The highest BCUT2D eigenvalue weighted by molar-refractivity contribution is 6.36. The van der Waals surface area contributed by atoms with Crippen LogP contribution in [-0.4, -0.2) is 24.5 Å². The van der Waals surface area contributed by atoms with Crippen molar-refractivity contribution in [2.24, 2.45) is 0 Å². The minimum atomic E-state index is -0.786. The van der Waals surface area contributed by atoms with Crippen molar-refractivity contribution in [3.05, 3.63) is 65.0 Å². The molecule has 1 saturated carbocycles. The van der Waals surface area contributed by atoms with Gasteiger partial charge in [-0.3, -0.25) is 9.78 Å². The zero-order valence-electron chi connectivity index (χ0n) is 15.7. The number of nitrogens with one attached hydrogen (secondary N) is 1. The van der Waals surface area contributed by atoms with Gasteiger partial charge in [0.25, 0.3) is 5.56 Å². The van der Waals surface area contributed by atoms with E-state index in [0.29, 0.717) is 5.56 Å². The molecule has 2 heterocycles. The van der Waals surface area contributed by atoms with E-state index in [1.165, 1.54) is 16.8 Å². The van der Waals surface area contributed by atoms with Crippen LogP contribution in [0.25, 0.3) is 5.69 Å². The van der Waals surface area contributed by atoms with Gasteiger partial charge < -0.3 is 10.2 Å². The molecule has 2 aromatic heterocycles. The number of hydrogen-bond acceptors (Lipinski definition) is 7. The summed E-state index contributed by atoms with van der Waals surface area (Å²) in [6.07, 6.45) is 5.16. The molecule has 0 radical (unpaired) electrons. The second-order valence-corrected chi connectivity index (χ2v) is 7.93. The Kier molecular flexibility index (Phi) is 5.52. The summed E-state index contributed by atoms with van der Waals surface area (Å²) in [5, 5.41) is 8.50. The fourth-order valence-corrected chi connectivity index (χ4v) is 4.19. The van der Waals surface area contributed by atoms with Crippen LogP contribution in [0.15, 0.2) is 30.9 Å². The normalized spacial score (nSPS) is 14.9. The molecule has 10 nitrogen and oxygen atoms in total. The van der Waals surface area contributed by atoms with Gasteiger partial charge in [0, 0.05) is 10.0 Å². The van der Waals surface area contributed by atoms with Crippen molar-refractivity contribution in [3.8, 4) is 5.69 Å². The molecule has 1 aliphatic rings. The van der Waals surface area contributed by atoms with Crippen LogP contribution in [0.5, 0.6) is 0 Å². The largest absolute Gasteiger partial charge is 0.437 e. The monoisotopic (exact) mass is 452 g/mol. The number of halogens is 2. The third-order valence-corrected chi connectivity index (χ3v) is 5.76. The van der Waals surface area contributed by atoms with Crippen LogP contribution in [0.1, 0.15) is 49.6 Å². The van der Waals surface area contributed by atoms with Crippen molar-refractivity contribution >= 4 is 29.0 Å². The lowest BCUT2D eigenvalue weighted by Crippen LogP contribution is -2.33. The highest BCUT2D eigenvalue weighted by atomic mass is 35.5. The van der Waals surface area contributed by atoms with E-state index in [-0.39, 0.29) is 39.9 Å². The molecule has 30 heavy (non-hydrogen) atoms. The zero-order valence-corrected chi connectivity index (χ0v) is 17.2. The number of H-pyrrole nitrogens is 1. The number of anilines is 1. The minimum Gasteiger partial charge on any atom is -0.392 e. The molecule has 1 aromatic carbocycles. The molecule has 4 rings (SSSR count). The summed E-state index contributed by atoms with van der Waals surface area (Å²) in [4.78, 5) is 37.7. The number of aromatic nitrogens is 5. The van der Waals surface area contributed by atoms with Gasteiger partial charge in [-0.05, 0) is 30.5 Å². The summed E-state index contributed by atoms with van der Waals surface area (Å²) >= 11 is 12.7. The number of rotatable bonds is 4. The van der Waals surface area contributed by atoms with Crippen molar-refractivity contribution in [2.45, 2.75) is 44.6 Å². The van der Waals surface area contributed by atoms with Gasteiger partial charge in [0.2, 0.25) is 11.7 Å². The molecule has 12 heteroatoms. The predicted molar refractivity (Wildman–Crippen MR) is 111 cm³/mol. The summed E-state index contributed by atoms with van der Waals surface area (Å²) in [5.41, 5.74) is 4.61. The smallest absolute Gasteiger partial charge is 0.392 e. The van der Waals surface area contributed by atoms with Gasteiger partial charge in [-0.1, -0.05) is 42.5 Å². The number of nitrogen functional groups attached to an aromatic ring is 1. The number of nitrogens with two attached hydrogens (primary N) is 1. The summed E-state index contributed by atoms with van der Waals surface area (Å²) in [6.45, 7) is 0. The molecule has 1 aliphatic carbocycles. The Balaban J connectivity index is 1.65. The standard InChI is InChI=1S/C18H18Cl2N6O4/c19-12-6-10(25-17(28)22-16(27)15(21)24-25)7-13(20)11(12)8-14-23-26(18(29)30-14)9-4-2-1-3-5-9/h6-7,9H,1-5,8H2,(H2,21,24)(H,22,27,28). The average Bonchev–Trinajstić information content (AvgIpc) is 3.08. The summed E-state index contributed by atoms with van der Waals surface area (Å²) in [6, 6.07) is 2.94. The molecule has 0 spiro atoms. The van der Waals surface area contributed by atoms with E-state index in [2.05, 4.69) is 15.2 Å². The molecular weight excluding hydrogens is 435 g/mol. The third-order valence-electron chi connectivity index (χ3n) is 5.08. The lowest BCUT2D eigenvalue weighted by atomic mass is 9.96. The van der Waals surface area contributed by atoms with Gasteiger partial charge in [-0.25, -0.2) is 9.59 Å². The Morgan fingerprint density at radius 1 is 1.10 bits per heavy atom. The Bertz CT molecular complexity index is 1250. The van der Waals surface area contributed by atoms with Gasteiger partial charge in [0.1, 0.15) is 0 Å². The first-order valence-electron chi connectivity index (χ1n) is 9.39. The quantitative estimate of drug-likeness (QED) is 0.616. The predicted octanol–water partition coefficient (Wildman–Crippen LogP) is 2.06. The molecule has 0 unspecified atom stereocenters. The van der Waals surface area contributed by atoms with Gasteiger partial charge in [0.05, 0.1) is 18.2 Å². The molecule has 0 bridgehead atoms. The lowest BCUT2D eigenvalue weighted by molar-refractivity contribution is 0.310. The van der Waals surface area contributed by atoms with Crippen molar-refractivity contribution in [1.82, 2.24) is 24.5 Å². The SMILES string of the molecule is Nc1nn(-c2cc(Cl)c(Cc3nn(C4CCCCC4)c(=O)o3)c(Cl)c2)c(=O)[nH]c1=O. The fraction of sp³-hybridized carbons (Fsp3) is 0.389. The molecule has 0 amide bonds. The van der Waals surface area contributed by atoms with Crippen molar-refractivity contribution < 1.29 is 4.42 Å². The topological polar surface area (TPSA) is 142 Å². The zero-order chi connectivity index (χ0) is 21.4. The second kappa shape index (κ2) is 8.11. The van der Waals surface area contributed by atoms with Gasteiger partial charge >= 0.3 is 11.4 Å². The van der Waals surface area contributed by atoms with E-state index in [9.17, 15) is 14.4 Å². The fourth-order valence-electron chi connectivity index (χ4n) is 3.58. The van der Waals surface area contributed by atoms with Gasteiger partial charge in [0.15, 0.2) is 0 Å². The summed E-state index contributed by atoms with van der Waals surface area (Å²) in [5.74, 6) is -0.674.